The van der Waals surface area contributed by atoms with Crippen LogP contribution >= 0.6 is 0 Å². The molecule has 4 nitrogen and oxygen atoms in total. The van der Waals surface area contributed by atoms with Gasteiger partial charge in [0.2, 0.25) is 5.91 Å². The molecule has 0 aromatic heterocycles. The van der Waals surface area contributed by atoms with Crippen molar-refractivity contribution in [2.45, 2.75) is 13.8 Å². The van der Waals surface area contributed by atoms with E-state index in [-0.39, 0.29) is 11.8 Å². The lowest BCUT2D eigenvalue weighted by Crippen LogP contribution is -2.40. The second-order valence-electron chi connectivity index (χ2n) is 3.56. The van der Waals surface area contributed by atoms with Gasteiger partial charge in [-0.1, -0.05) is 13.8 Å². The van der Waals surface area contributed by atoms with Gasteiger partial charge in [0.05, 0.1) is 12.8 Å². The number of methoxy groups -OCH3 is 1. The van der Waals surface area contributed by atoms with Gasteiger partial charge < -0.3 is 4.74 Å². The van der Waals surface area contributed by atoms with Crippen LogP contribution in [0.2, 0.25) is 0 Å². The van der Waals surface area contributed by atoms with Crippen molar-refractivity contribution in [3.05, 3.63) is 24.3 Å². The van der Waals surface area contributed by atoms with Gasteiger partial charge in [0.1, 0.15) is 5.75 Å². The summed E-state index contributed by atoms with van der Waals surface area (Å²) in [5.74, 6) is 6.19. The summed E-state index contributed by atoms with van der Waals surface area (Å²) in [5.41, 5.74) is 0.662. The summed E-state index contributed by atoms with van der Waals surface area (Å²) in [6.07, 6.45) is 0. The molecular weight excluding hydrogens is 192 g/mol. The number of rotatable bonds is 3. The van der Waals surface area contributed by atoms with Crippen LogP contribution < -0.4 is 15.6 Å². The number of nitrogens with two attached hydrogens (primary N) is 1. The van der Waals surface area contributed by atoms with Gasteiger partial charge in [-0.2, -0.15) is 0 Å². The molecule has 0 aliphatic carbocycles. The van der Waals surface area contributed by atoms with E-state index < -0.39 is 0 Å². The van der Waals surface area contributed by atoms with E-state index in [0.717, 1.165) is 10.8 Å². The first-order valence-corrected chi connectivity index (χ1v) is 4.79. The van der Waals surface area contributed by atoms with Gasteiger partial charge in [-0.15, -0.1) is 0 Å². The molecule has 1 rings (SSSR count). The van der Waals surface area contributed by atoms with Crippen LogP contribution in [0.5, 0.6) is 5.75 Å². The predicted molar refractivity (Wildman–Crippen MR) is 59.5 cm³/mol. The van der Waals surface area contributed by atoms with Crippen LogP contribution in [0.15, 0.2) is 24.3 Å². The monoisotopic (exact) mass is 208 g/mol. The second kappa shape index (κ2) is 4.79. The molecule has 0 spiro atoms. The average Bonchev–Trinajstić information content (AvgIpc) is 2.27. The lowest BCUT2D eigenvalue weighted by molar-refractivity contribution is -0.121. The molecule has 0 saturated carbocycles. The summed E-state index contributed by atoms with van der Waals surface area (Å²) in [5, 5.41) is 1.16. The van der Waals surface area contributed by atoms with Crippen LogP contribution in [0.1, 0.15) is 13.8 Å². The molecule has 0 aliphatic heterocycles. The Hall–Kier alpha value is -1.55. The zero-order chi connectivity index (χ0) is 11.4. The van der Waals surface area contributed by atoms with Gasteiger partial charge in [-0.05, 0) is 24.3 Å². The van der Waals surface area contributed by atoms with Gasteiger partial charge in [-0.25, -0.2) is 10.9 Å². The molecule has 0 heterocycles. The fraction of sp³-hybridized carbons (Fsp3) is 0.364. The quantitative estimate of drug-likeness (QED) is 0.466. The molecule has 82 valence electrons. The van der Waals surface area contributed by atoms with Crippen molar-refractivity contribution in [1.82, 2.24) is 0 Å². The molecule has 15 heavy (non-hydrogen) atoms. The molecule has 1 aromatic carbocycles. The molecule has 4 heteroatoms. The van der Waals surface area contributed by atoms with Gasteiger partial charge >= 0.3 is 0 Å². The molecule has 1 amide bonds. The first kappa shape index (κ1) is 11.5. The Morgan fingerprint density at radius 1 is 1.33 bits per heavy atom. The summed E-state index contributed by atoms with van der Waals surface area (Å²) in [4.78, 5) is 11.6. The Morgan fingerprint density at radius 2 is 1.87 bits per heavy atom. The molecule has 0 fully saturated rings. The Morgan fingerprint density at radius 3 is 2.27 bits per heavy atom. The van der Waals surface area contributed by atoms with Gasteiger partial charge in [0, 0.05) is 5.92 Å². The van der Waals surface area contributed by atoms with Crippen LogP contribution in [0.25, 0.3) is 0 Å². The molecule has 0 radical (unpaired) electrons. The number of benzene rings is 1. The molecular formula is C11H16N2O2. The van der Waals surface area contributed by atoms with E-state index in [1.54, 1.807) is 31.4 Å². The zero-order valence-corrected chi connectivity index (χ0v) is 9.23. The maximum absolute atomic E-state index is 11.6. The molecule has 0 atom stereocenters. The minimum absolute atomic E-state index is 0.111. The van der Waals surface area contributed by atoms with E-state index in [4.69, 9.17) is 10.6 Å². The van der Waals surface area contributed by atoms with Gasteiger partial charge in [-0.3, -0.25) is 4.79 Å². The highest BCUT2D eigenvalue weighted by Gasteiger charge is 2.15. The fourth-order valence-corrected chi connectivity index (χ4v) is 1.15. The number of carbonyl (C=O) groups is 1. The number of anilines is 1. The highest BCUT2D eigenvalue weighted by Crippen LogP contribution is 2.18. The third-order valence-corrected chi connectivity index (χ3v) is 2.08. The molecule has 0 aliphatic rings. The summed E-state index contributed by atoms with van der Waals surface area (Å²) < 4.78 is 5.01. The van der Waals surface area contributed by atoms with Gasteiger partial charge in [0.25, 0.3) is 0 Å². The van der Waals surface area contributed by atoms with E-state index in [2.05, 4.69) is 0 Å². The van der Waals surface area contributed by atoms with Crippen LogP contribution in [0.3, 0.4) is 0 Å². The molecule has 0 bridgehead atoms. The Balaban J connectivity index is 2.82. The lowest BCUT2D eigenvalue weighted by Gasteiger charge is -2.18. The van der Waals surface area contributed by atoms with Crippen molar-refractivity contribution in [3.8, 4) is 5.75 Å². The zero-order valence-electron chi connectivity index (χ0n) is 9.23. The van der Waals surface area contributed by atoms with E-state index in [1.165, 1.54) is 0 Å². The third kappa shape index (κ3) is 2.70. The summed E-state index contributed by atoms with van der Waals surface area (Å²) >= 11 is 0. The number of nitrogens with zero attached hydrogens (tertiary/aromatic N) is 1. The van der Waals surface area contributed by atoms with E-state index in [0.29, 0.717) is 5.69 Å². The number of hydrogen-bond donors (Lipinski definition) is 1. The van der Waals surface area contributed by atoms with Crippen molar-refractivity contribution >= 4 is 11.6 Å². The van der Waals surface area contributed by atoms with Crippen LogP contribution in [0, 0.1) is 5.92 Å². The number of carbonyl (C=O) groups excluding carboxylic acids is 1. The first-order chi connectivity index (χ1) is 7.06. The van der Waals surface area contributed by atoms with Crippen molar-refractivity contribution < 1.29 is 9.53 Å². The van der Waals surface area contributed by atoms with Crippen LogP contribution in [-0.4, -0.2) is 13.0 Å². The highest BCUT2D eigenvalue weighted by molar-refractivity contribution is 5.93. The van der Waals surface area contributed by atoms with E-state index >= 15 is 0 Å². The van der Waals surface area contributed by atoms with Gasteiger partial charge in [0.15, 0.2) is 0 Å². The summed E-state index contributed by atoms with van der Waals surface area (Å²) in [6.45, 7) is 3.62. The Labute approximate surface area is 89.6 Å². The summed E-state index contributed by atoms with van der Waals surface area (Å²) in [6, 6.07) is 7.03. The predicted octanol–water partition coefficient (Wildman–Crippen LogP) is 1.56. The van der Waals surface area contributed by atoms with Crippen molar-refractivity contribution in [3.63, 3.8) is 0 Å². The molecule has 2 N–H and O–H groups in total. The number of hydrogen-bond acceptors (Lipinski definition) is 3. The van der Waals surface area contributed by atoms with E-state index in [9.17, 15) is 4.79 Å². The number of ether oxygens (including phenoxy) is 1. The first-order valence-electron chi connectivity index (χ1n) is 4.79. The standard InChI is InChI=1S/C11H16N2O2/c1-8(2)11(14)13(12)9-4-6-10(15-3)7-5-9/h4-8H,12H2,1-3H3. The smallest absolute Gasteiger partial charge is 0.243 e. The summed E-state index contributed by atoms with van der Waals surface area (Å²) in [7, 11) is 1.59. The Kier molecular flexibility index (Phi) is 3.68. The molecule has 1 aromatic rings. The Bertz CT molecular complexity index is 333. The minimum Gasteiger partial charge on any atom is -0.497 e. The minimum atomic E-state index is -0.114. The van der Waals surface area contributed by atoms with Crippen molar-refractivity contribution in [1.29, 1.82) is 0 Å². The van der Waals surface area contributed by atoms with Crippen LogP contribution in [0.4, 0.5) is 5.69 Å². The molecule has 0 unspecified atom stereocenters. The fourth-order valence-electron chi connectivity index (χ4n) is 1.15. The van der Waals surface area contributed by atoms with E-state index in [1.807, 2.05) is 13.8 Å². The number of amides is 1. The SMILES string of the molecule is COc1ccc(N(N)C(=O)C(C)C)cc1. The van der Waals surface area contributed by atoms with Crippen molar-refractivity contribution in [2.75, 3.05) is 12.1 Å². The third-order valence-electron chi connectivity index (χ3n) is 2.08. The topological polar surface area (TPSA) is 55.6 Å². The maximum atomic E-state index is 11.6. The van der Waals surface area contributed by atoms with Crippen molar-refractivity contribution in [2.24, 2.45) is 11.8 Å². The van der Waals surface area contributed by atoms with Crippen LogP contribution in [-0.2, 0) is 4.79 Å². The highest BCUT2D eigenvalue weighted by atomic mass is 16.5. The average molecular weight is 208 g/mol. The largest absolute Gasteiger partial charge is 0.497 e. The lowest BCUT2D eigenvalue weighted by atomic mass is 10.2. The number of hydrazine groups is 1. The normalized spacial score (nSPS) is 10.2. The molecule has 0 saturated heterocycles. The maximum Gasteiger partial charge on any atom is 0.243 e. The second-order valence-corrected chi connectivity index (χ2v) is 3.56.